The maximum atomic E-state index is 11.2. The number of carbonyl (C=O) groups excluding carboxylic acids is 1. The summed E-state index contributed by atoms with van der Waals surface area (Å²) in [6.07, 6.45) is 3.60. The van der Waals surface area contributed by atoms with Crippen LogP contribution in [0.15, 0.2) is 6.20 Å². The second-order valence-electron chi connectivity index (χ2n) is 3.14. The molecule has 0 aromatic carbocycles. The van der Waals surface area contributed by atoms with Gasteiger partial charge in [-0.25, -0.2) is 0 Å². The number of hydrogen-bond acceptors (Lipinski definition) is 2. The van der Waals surface area contributed by atoms with Crippen molar-refractivity contribution in [1.29, 1.82) is 0 Å². The van der Waals surface area contributed by atoms with Crippen LogP contribution in [0.4, 0.5) is 0 Å². The first kappa shape index (κ1) is 9.96. The third-order valence-electron chi connectivity index (χ3n) is 2.10. The molecule has 0 aliphatic rings. The fraction of sp³-hybridized carbons (Fsp3) is 0.600. The maximum Gasteiger partial charge on any atom is 0.163 e. The number of hydrogen-bond donors (Lipinski definition) is 0. The van der Waals surface area contributed by atoms with Crippen molar-refractivity contribution in [2.75, 3.05) is 0 Å². The number of Topliss-reactive ketones (excluding diaryl/α,β-unsaturated/α-hetero) is 1. The summed E-state index contributed by atoms with van der Waals surface area (Å²) in [5.41, 5.74) is 1.84. The fourth-order valence-electron chi connectivity index (χ4n) is 1.48. The van der Waals surface area contributed by atoms with Crippen LogP contribution in [-0.4, -0.2) is 15.6 Å². The van der Waals surface area contributed by atoms with Gasteiger partial charge < -0.3 is 0 Å². The van der Waals surface area contributed by atoms with Crippen LogP contribution < -0.4 is 0 Å². The van der Waals surface area contributed by atoms with Gasteiger partial charge in [-0.1, -0.05) is 13.8 Å². The van der Waals surface area contributed by atoms with E-state index < -0.39 is 0 Å². The van der Waals surface area contributed by atoms with Gasteiger partial charge in [-0.05, 0) is 19.8 Å². The van der Waals surface area contributed by atoms with E-state index in [4.69, 9.17) is 0 Å². The zero-order chi connectivity index (χ0) is 9.84. The Hall–Kier alpha value is -1.12. The molecule has 1 aromatic rings. The van der Waals surface area contributed by atoms with Crippen LogP contribution in [0.1, 0.15) is 43.2 Å². The Bertz CT molecular complexity index is 302. The third-order valence-corrected chi connectivity index (χ3v) is 2.10. The van der Waals surface area contributed by atoms with Gasteiger partial charge in [-0.2, -0.15) is 5.10 Å². The van der Waals surface area contributed by atoms with Gasteiger partial charge in [0.15, 0.2) is 5.78 Å². The highest BCUT2D eigenvalue weighted by Gasteiger charge is 2.11. The summed E-state index contributed by atoms with van der Waals surface area (Å²) in [6, 6.07) is 0. The molecule has 1 rings (SSSR count). The van der Waals surface area contributed by atoms with E-state index in [0.29, 0.717) is 0 Å². The Morgan fingerprint density at radius 1 is 1.54 bits per heavy atom. The van der Waals surface area contributed by atoms with Crippen molar-refractivity contribution in [3.63, 3.8) is 0 Å². The first-order valence-corrected chi connectivity index (χ1v) is 4.76. The first-order valence-electron chi connectivity index (χ1n) is 4.76. The Labute approximate surface area is 78.8 Å². The Kier molecular flexibility index (Phi) is 3.23. The lowest BCUT2D eigenvalue weighted by Crippen LogP contribution is -2.06. The predicted molar refractivity (Wildman–Crippen MR) is 51.9 cm³/mol. The molecule has 72 valence electrons. The van der Waals surface area contributed by atoms with E-state index in [0.717, 1.165) is 30.6 Å². The second kappa shape index (κ2) is 4.21. The number of nitrogens with zero attached hydrogens (tertiary/aromatic N) is 2. The highest BCUT2D eigenvalue weighted by atomic mass is 16.1. The van der Waals surface area contributed by atoms with Crippen molar-refractivity contribution < 1.29 is 4.79 Å². The molecule has 0 aliphatic heterocycles. The number of aryl methyl sites for hydroxylation is 1. The number of rotatable bonds is 4. The van der Waals surface area contributed by atoms with Gasteiger partial charge in [-0.15, -0.1) is 0 Å². The lowest BCUT2D eigenvalue weighted by atomic mass is 10.1. The molecule has 0 atom stereocenters. The molecule has 0 spiro atoms. The summed E-state index contributed by atoms with van der Waals surface area (Å²) in [4.78, 5) is 11.2. The summed E-state index contributed by atoms with van der Waals surface area (Å²) in [5, 5.41) is 4.19. The maximum absolute atomic E-state index is 11.2. The average Bonchev–Trinajstić information content (AvgIpc) is 2.48. The Balaban J connectivity index is 3.03. The molecule has 0 amide bonds. The third kappa shape index (κ3) is 1.97. The molecule has 0 fully saturated rings. The topological polar surface area (TPSA) is 34.9 Å². The van der Waals surface area contributed by atoms with Gasteiger partial charge >= 0.3 is 0 Å². The molecular weight excluding hydrogens is 164 g/mol. The lowest BCUT2D eigenvalue weighted by Gasteiger charge is -2.04. The van der Waals surface area contributed by atoms with E-state index in [1.54, 1.807) is 13.1 Å². The number of ketones is 1. The van der Waals surface area contributed by atoms with Gasteiger partial charge in [0.25, 0.3) is 0 Å². The highest BCUT2D eigenvalue weighted by Crippen LogP contribution is 2.10. The summed E-state index contributed by atoms with van der Waals surface area (Å²) >= 11 is 0. The van der Waals surface area contributed by atoms with Gasteiger partial charge in [0.2, 0.25) is 0 Å². The quantitative estimate of drug-likeness (QED) is 0.665. The molecule has 0 aliphatic carbocycles. The molecule has 3 heteroatoms. The van der Waals surface area contributed by atoms with Crippen molar-refractivity contribution in [3.8, 4) is 0 Å². The minimum absolute atomic E-state index is 0.110. The van der Waals surface area contributed by atoms with Gasteiger partial charge in [0.1, 0.15) is 0 Å². The van der Waals surface area contributed by atoms with Crippen molar-refractivity contribution in [3.05, 3.63) is 17.5 Å². The molecule has 0 N–H and O–H groups in total. The molecule has 0 saturated heterocycles. The molecule has 0 radical (unpaired) electrons. The Morgan fingerprint density at radius 3 is 2.69 bits per heavy atom. The zero-order valence-electron chi connectivity index (χ0n) is 8.50. The van der Waals surface area contributed by atoms with Crippen LogP contribution in [0.5, 0.6) is 0 Å². The van der Waals surface area contributed by atoms with E-state index in [1.807, 2.05) is 4.68 Å². The van der Waals surface area contributed by atoms with E-state index >= 15 is 0 Å². The number of aromatic nitrogens is 2. The normalized spacial score (nSPS) is 10.4. The minimum Gasteiger partial charge on any atom is -0.294 e. The minimum atomic E-state index is 0.110. The van der Waals surface area contributed by atoms with E-state index in [9.17, 15) is 4.79 Å². The van der Waals surface area contributed by atoms with Gasteiger partial charge in [-0.3, -0.25) is 9.48 Å². The van der Waals surface area contributed by atoms with Crippen LogP contribution in [0.3, 0.4) is 0 Å². The first-order chi connectivity index (χ1) is 6.20. The molecule has 0 bridgehead atoms. The molecule has 1 aromatic heterocycles. The van der Waals surface area contributed by atoms with Crippen LogP contribution in [0.25, 0.3) is 0 Å². The largest absolute Gasteiger partial charge is 0.294 e. The Morgan fingerprint density at radius 2 is 2.23 bits per heavy atom. The summed E-state index contributed by atoms with van der Waals surface area (Å²) in [6.45, 7) is 6.65. The van der Waals surface area contributed by atoms with Crippen molar-refractivity contribution in [1.82, 2.24) is 9.78 Å². The molecule has 1 heterocycles. The summed E-state index contributed by atoms with van der Waals surface area (Å²) in [7, 11) is 0. The average molecular weight is 180 g/mol. The second-order valence-corrected chi connectivity index (χ2v) is 3.14. The van der Waals surface area contributed by atoms with Crippen LogP contribution in [0, 0.1) is 0 Å². The van der Waals surface area contributed by atoms with Gasteiger partial charge in [0, 0.05) is 12.2 Å². The highest BCUT2D eigenvalue weighted by molar-refractivity contribution is 5.94. The smallest absolute Gasteiger partial charge is 0.163 e. The molecule has 0 unspecified atom stereocenters. The molecule has 13 heavy (non-hydrogen) atoms. The fourth-order valence-corrected chi connectivity index (χ4v) is 1.48. The van der Waals surface area contributed by atoms with E-state index in [-0.39, 0.29) is 5.78 Å². The summed E-state index contributed by atoms with van der Waals surface area (Å²) < 4.78 is 1.93. The molecular formula is C10H16N2O. The SMILES string of the molecule is CCCn1ncc(C(C)=O)c1CC. The van der Waals surface area contributed by atoms with Crippen molar-refractivity contribution in [2.24, 2.45) is 0 Å². The van der Waals surface area contributed by atoms with E-state index in [2.05, 4.69) is 18.9 Å². The van der Waals surface area contributed by atoms with Crippen molar-refractivity contribution >= 4 is 5.78 Å². The standard InChI is InChI=1S/C10H16N2O/c1-4-6-12-10(5-2)9(7-11-12)8(3)13/h7H,4-6H2,1-3H3. The van der Waals surface area contributed by atoms with Crippen LogP contribution >= 0.6 is 0 Å². The lowest BCUT2D eigenvalue weighted by molar-refractivity contribution is 0.101. The predicted octanol–water partition coefficient (Wildman–Crippen LogP) is 2.06. The van der Waals surface area contributed by atoms with Crippen LogP contribution in [-0.2, 0) is 13.0 Å². The monoisotopic (exact) mass is 180 g/mol. The zero-order valence-corrected chi connectivity index (χ0v) is 8.50. The van der Waals surface area contributed by atoms with Crippen LogP contribution in [0.2, 0.25) is 0 Å². The van der Waals surface area contributed by atoms with E-state index in [1.165, 1.54) is 0 Å². The van der Waals surface area contributed by atoms with Gasteiger partial charge in [0.05, 0.1) is 11.8 Å². The molecule has 3 nitrogen and oxygen atoms in total. The summed E-state index contributed by atoms with van der Waals surface area (Å²) in [5.74, 6) is 0.110. The molecule has 0 saturated carbocycles. The number of carbonyl (C=O) groups is 1. The van der Waals surface area contributed by atoms with Crippen molar-refractivity contribution in [2.45, 2.75) is 40.2 Å².